The maximum absolute atomic E-state index is 12.3. The molecule has 0 saturated heterocycles. The lowest BCUT2D eigenvalue weighted by Gasteiger charge is -2.05. The summed E-state index contributed by atoms with van der Waals surface area (Å²) in [6.45, 7) is -2.87. The number of alkyl halides is 2. The fourth-order valence-electron chi connectivity index (χ4n) is 2.69. The van der Waals surface area contributed by atoms with E-state index in [-0.39, 0.29) is 5.75 Å². The lowest BCUT2D eigenvalue weighted by molar-refractivity contribution is -0.0498. The highest BCUT2D eigenvalue weighted by Crippen LogP contribution is 2.22. The molecule has 0 spiro atoms. The molecular weight excluding hydrogens is 372 g/mol. The van der Waals surface area contributed by atoms with E-state index in [0.717, 1.165) is 16.5 Å². The van der Waals surface area contributed by atoms with E-state index in [9.17, 15) is 8.78 Å². The van der Waals surface area contributed by atoms with Crippen LogP contribution in [-0.4, -0.2) is 32.7 Å². The Hall–Kier alpha value is -3.33. The van der Waals surface area contributed by atoms with Crippen LogP contribution in [0.4, 0.5) is 8.78 Å². The van der Waals surface area contributed by atoms with Gasteiger partial charge in [-0.15, -0.1) is 0 Å². The van der Waals surface area contributed by atoms with Gasteiger partial charge in [-0.3, -0.25) is 0 Å². The molecule has 0 unspecified atom stereocenters. The number of aromatic nitrogens is 4. The molecule has 0 radical (unpaired) electrons. The Kier molecular flexibility index (Phi) is 4.51. The molecule has 9 heteroatoms. The largest absolute Gasteiger partial charge is 0.435 e. The van der Waals surface area contributed by atoms with Crippen molar-refractivity contribution >= 4 is 29.3 Å². The van der Waals surface area contributed by atoms with Crippen molar-refractivity contribution in [2.24, 2.45) is 5.10 Å². The van der Waals surface area contributed by atoms with Crippen LogP contribution in [-0.2, 0) is 0 Å². The summed E-state index contributed by atoms with van der Waals surface area (Å²) in [5.74, 6) is 0.524. The van der Waals surface area contributed by atoms with Gasteiger partial charge in [0.25, 0.3) is 0 Å². The normalized spacial score (nSPS) is 11.7. The second kappa shape index (κ2) is 7.12. The first-order valence-corrected chi connectivity index (χ1v) is 8.36. The molecule has 0 aliphatic carbocycles. The number of fused-ring (bicyclic) bond motifs is 1. The number of benzene rings is 2. The average Bonchev–Trinajstić information content (AvgIpc) is 3.24. The topological polar surface area (TPSA) is 71.0 Å². The number of hydrogen-bond acceptors (Lipinski definition) is 4. The molecule has 136 valence electrons. The van der Waals surface area contributed by atoms with Crippen molar-refractivity contribution in [1.82, 2.24) is 19.9 Å². The van der Waals surface area contributed by atoms with Crippen LogP contribution in [0.3, 0.4) is 0 Å². The fraction of sp³-hybridized carbons (Fsp3) is 0.0556. The Labute approximate surface area is 157 Å². The van der Waals surface area contributed by atoms with Crippen molar-refractivity contribution in [1.29, 1.82) is 0 Å². The number of para-hydroxylation sites is 1. The molecule has 0 fully saturated rings. The highest BCUT2D eigenvalue weighted by molar-refractivity contribution is 7.71. The van der Waals surface area contributed by atoms with E-state index in [0.29, 0.717) is 16.2 Å². The van der Waals surface area contributed by atoms with E-state index in [1.807, 2.05) is 30.5 Å². The van der Waals surface area contributed by atoms with Crippen molar-refractivity contribution < 1.29 is 13.5 Å². The SMILES string of the molecule is FC(F)Oc1ccc(-c2n[nH]c(=S)n2/N=C/c2c[nH]c3ccccc23)cc1. The van der Waals surface area contributed by atoms with Crippen LogP contribution in [0.5, 0.6) is 5.75 Å². The zero-order valence-electron chi connectivity index (χ0n) is 13.8. The highest BCUT2D eigenvalue weighted by atomic mass is 32.1. The molecule has 27 heavy (non-hydrogen) atoms. The molecular formula is C18H13F2N5OS. The van der Waals surface area contributed by atoms with E-state index in [1.165, 1.54) is 16.8 Å². The van der Waals surface area contributed by atoms with E-state index in [1.54, 1.807) is 18.3 Å². The summed E-state index contributed by atoms with van der Waals surface area (Å²) < 4.78 is 30.7. The molecule has 0 amide bonds. The molecule has 0 bridgehead atoms. The predicted octanol–water partition coefficient (Wildman–Crippen LogP) is 4.57. The Morgan fingerprint density at radius 2 is 1.93 bits per heavy atom. The number of rotatable bonds is 5. The van der Waals surface area contributed by atoms with Crippen molar-refractivity contribution in [3.05, 3.63) is 65.1 Å². The minimum Gasteiger partial charge on any atom is -0.435 e. The third-order valence-electron chi connectivity index (χ3n) is 3.92. The van der Waals surface area contributed by atoms with Crippen LogP contribution < -0.4 is 4.74 Å². The molecule has 6 nitrogen and oxygen atoms in total. The van der Waals surface area contributed by atoms with Crippen molar-refractivity contribution in [2.45, 2.75) is 6.61 Å². The first-order valence-electron chi connectivity index (χ1n) is 7.95. The quantitative estimate of drug-likeness (QED) is 0.390. The van der Waals surface area contributed by atoms with Gasteiger partial charge >= 0.3 is 6.61 Å². The number of hydrogen-bond donors (Lipinski definition) is 2. The van der Waals surface area contributed by atoms with E-state index in [4.69, 9.17) is 12.2 Å². The Balaban J connectivity index is 1.67. The van der Waals surface area contributed by atoms with Crippen LogP contribution >= 0.6 is 12.2 Å². The zero-order valence-corrected chi connectivity index (χ0v) is 14.6. The molecule has 4 rings (SSSR count). The average molecular weight is 385 g/mol. The molecule has 0 aliphatic heterocycles. The standard InChI is InChI=1S/C18H13F2N5OS/c19-17(20)26-13-7-5-11(6-8-13)16-23-24-18(27)25(16)22-10-12-9-21-15-4-2-1-3-14(12)15/h1-10,17,21H,(H,24,27)/b22-10+. The summed E-state index contributed by atoms with van der Waals surface area (Å²) in [6, 6.07) is 14.0. The maximum Gasteiger partial charge on any atom is 0.387 e. The first kappa shape index (κ1) is 17.1. The summed E-state index contributed by atoms with van der Waals surface area (Å²) in [5, 5.41) is 12.3. The van der Waals surface area contributed by atoms with Gasteiger partial charge in [0.2, 0.25) is 4.77 Å². The lowest BCUT2D eigenvalue weighted by atomic mass is 10.2. The van der Waals surface area contributed by atoms with Gasteiger partial charge < -0.3 is 9.72 Å². The zero-order chi connectivity index (χ0) is 18.8. The van der Waals surface area contributed by atoms with Gasteiger partial charge in [-0.1, -0.05) is 18.2 Å². The number of ether oxygens (including phenoxy) is 1. The molecule has 2 aromatic carbocycles. The Morgan fingerprint density at radius 3 is 2.70 bits per heavy atom. The number of halogens is 2. The predicted molar refractivity (Wildman–Crippen MR) is 101 cm³/mol. The number of nitrogens with zero attached hydrogens (tertiary/aromatic N) is 3. The lowest BCUT2D eigenvalue weighted by Crippen LogP contribution is -2.01. The van der Waals surface area contributed by atoms with Crippen LogP contribution in [0.1, 0.15) is 5.56 Å². The minimum atomic E-state index is -2.87. The molecule has 0 saturated carbocycles. The first-order chi connectivity index (χ1) is 13.1. The Bertz CT molecular complexity index is 1160. The molecule has 2 heterocycles. The molecule has 0 atom stereocenters. The smallest absolute Gasteiger partial charge is 0.387 e. The molecule has 2 N–H and O–H groups in total. The number of H-pyrrole nitrogens is 2. The second-order valence-corrected chi connectivity index (χ2v) is 5.99. The van der Waals surface area contributed by atoms with Crippen LogP contribution in [0.25, 0.3) is 22.3 Å². The van der Waals surface area contributed by atoms with Gasteiger partial charge in [-0.05, 0) is 42.5 Å². The third kappa shape index (κ3) is 3.49. The second-order valence-electron chi connectivity index (χ2n) is 5.60. The van der Waals surface area contributed by atoms with Crippen LogP contribution in [0.2, 0.25) is 0 Å². The van der Waals surface area contributed by atoms with Crippen LogP contribution in [0.15, 0.2) is 59.8 Å². The highest BCUT2D eigenvalue weighted by Gasteiger charge is 2.10. The van der Waals surface area contributed by atoms with E-state index >= 15 is 0 Å². The van der Waals surface area contributed by atoms with Crippen LogP contribution in [0, 0.1) is 4.77 Å². The van der Waals surface area contributed by atoms with Crippen molar-refractivity contribution in [3.63, 3.8) is 0 Å². The molecule has 2 aromatic heterocycles. The maximum atomic E-state index is 12.3. The van der Waals surface area contributed by atoms with Gasteiger partial charge in [0, 0.05) is 28.2 Å². The van der Waals surface area contributed by atoms with Gasteiger partial charge in [0.1, 0.15) is 5.75 Å². The molecule has 0 aliphatic rings. The molecule has 4 aromatic rings. The number of nitrogens with one attached hydrogen (secondary N) is 2. The Morgan fingerprint density at radius 1 is 1.15 bits per heavy atom. The number of aromatic amines is 2. The summed E-state index contributed by atoms with van der Waals surface area (Å²) in [6.07, 6.45) is 3.54. The van der Waals surface area contributed by atoms with Gasteiger partial charge in [-0.2, -0.15) is 23.7 Å². The van der Waals surface area contributed by atoms with Crippen molar-refractivity contribution in [2.75, 3.05) is 0 Å². The monoisotopic (exact) mass is 385 g/mol. The van der Waals surface area contributed by atoms with Gasteiger partial charge in [0.15, 0.2) is 5.82 Å². The minimum absolute atomic E-state index is 0.0664. The van der Waals surface area contributed by atoms with Gasteiger partial charge in [0.05, 0.1) is 6.21 Å². The summed E-state index contributed by atoms with van der Waals surface area (Å²) >= 11 is 5.25. The fourth-order valence-corrected chi connectivity index (χ4v) is 2.87. The van der Waals surface area contributed by atoms with E-state index < -0.39 is 6.61 Å². The van der Waals surface area contributed by atoms with E-state index in [2.05, 4.69) is 25.0 Å². The van der Waals surface area contributed by atoms with Gasteiger partial charge in [-0.25, -0.2) is 5.10 Å². The summed E-state index contributed by atoms with van der Waals surface area (Å²) in [4.78, 5) is 3.18. The third-order valence-corrected chi connectivity index (χ3v) is 4.19. The summed E-state index contributed by atoms with van der Waals surface area (Å²) in [7, 11) is 0. The van der Waals surface area contributed by atoms with Crippen molar-refractivity contribution in [3.8, 4) is 17.1 Å². The summed E-state index contributed by atoms with van der Waals surface area (Å²) in [5.41, 5.74) is 2.56.